The number of rotatable bonds is 3. The van der Waals surface area contributed by atoms with Crippen LogP contribution >= 0.6 is 11.6 Å². The molecule has 1 aromatic carbocycles. The first-order chi connectivity index (χ1) is 9.10. The number of nitrogens with zero attached hydrogens (tertiary/aromatic N) is 2. The lowest BCUT2D eigenvalue weighted by Gasteiger charge is -2.40. The first-order valence-electron chi connectivity index (χ1n) is 5.94. The van der Waals surface area contributed by atoms with Gasteiger partial charge in [-0.15, -0.1) is 11.6 Å². The van der Waals surface area contributed by atoms with Gasteiger partial charge >= 0.3 is 0 Å². The Morgan fingerprint density at radius 1 is 1.42 bits per heavy atom. The van der Waals surface area contributed by atoms with E-state index in [4.69, 9.17) is 16.1 Å². The Balaban J connectivity index is 1.74. The molecule has 6 heteroatoms. The molecule has 100 valence electrons. The van der Waals surface area contributed by atoms with Gasteiger partial charge in [-0.05, 0) is 30.5 Å². The molecule has 0 N–H and O–H groups in total. The second-order valence-electron chi connectivity index (χ2n) is 4.76. The Labute approximate surface area is 113 Å². The molecule has 1 heterocycles. The van der Waals surface area contributed by atoms with Gasteiger partial charge in [0.25, 0.3) is 0 Å². The van der Waals surface area contributed by atoms with Gasteiger partial charge in [0.2, 0.25) is 5.89 Å². The summed E-state index contributed by atoms with van der Waals surface area (Å²) < 4.78 is 32.6. The van der Waals surface area contributed by atoms with Crippen molar-refractivity contribution in [3.8, 4) is 0 Å². The molecule has 0 radical (unpaired) electrons. The molecule has 0 aliphatic heterocycles. The van der Waals surface area contributed by atoms with Crippen molar-refractivity contribution < 1.29 is 13.3 Å². The van der Waals surface area contributed by atoms with E-state index in [2.05, 4.69) is 10.1 Å². The maximum absolute atomic E-state index is 14.6. The lowest BCUT2D eigenvalue weighted by molar-refractivity contribution is 0.0333. The summed E-state index contributed by atoms with van der Waals surface area (Å²) in [7, 11) is 0. The Bertz CT molecular complexity index is 596. The van der Waals surface area contributed by atoms with Crippen molar-refractivity contribution in [1.82, 2.24) is 10.1 Å². The van der Waals surface area contributed by atoms with Crippen molar-refractivity contribution in [3.05, 3.63) is 47.4 Å². The predicted octanol–water partition coefficient (Wildman–Crippen LogP) is 3.69. The smallest absolute Gasteiger partial charge is 0.241 e. The summed E-state index contributed by atoms with van der Waals surface area (Å²) in [6.07, 6.45) is 0.468. The zero-order valence-electron chi connectivity index (χ0n) is 9.94. The van der Waals surface area contributed by atoms with Crippen LogP contribution in [0.15, 0.2) is 28.8 Å². The van der Waals surface area contributed by atoms with E-state index >= 15 is 0 Å². The molecule has 0 atom stereocenters. The Morgan fingerprint density at radius 2 is 2.21 bits per heavy atom. The van der Waals surface area contributed by atoms with Gasteiger partial charge < -0.3 is 4.52 Å². The highest BCUT2D eigenvalue weighted by atomic mass is 35.5. The number of halogens is 3. The Hall–Kier alpha value is -1.49. The molecule has 1 aromatic heterocycles. The summed E-state index contributed by atoms with van der Waals surface area (Å²) >= 11 is 5.56. The zero-order valence-corrected chi connectivity index (χ0v) is 10.7. The molecular formula is C13H11ClF2N2O. The SMILES string of the molecule is Fc1cccc(C2(F)CC(c3noc(CCl)n3)C2)c1. The van der Waals surface area contributed by atoms with Crippen molar-refractivity contribution in [2.75, 3.05) is 0 Å². The molecule has 3 rings (SSSR count). The molecule has 1 fully saturated rings. The van der Waals surface area contributed by atoms with Crippen LogP contribution in [-0.4, -0.2) is 10.1 Å². The topological polar surface area (TPSA) is 38.9 Å². The minimum atomic E-state index is -1.51. The maximum atomic E-state index is 14.6. The molecule has 1 saturated carbocycles. The second-order valence-corrected chi connectivity index (χ2v) is 5.03. The number of hydrogen-bond donors (Lipinski definition) is 0. The third-order valence-electron chi connectivity index (χ3n) is 3.45. The van der Waals surface area contributed by atoms with Crippen LogP contribution in [0, 0.1) is 5.82 Å². The predicted molar refractivity (Wildman–Crippen MR) is 65.0 cm³/mol. The van der Waals surface area contributed by atoms with Crippen molar-refractivity contribution >= 4 is 11.6 Å². The summed E-state index contributed by atoms with van der Waals surface area (Å²) in [5.41, 5.74) is -1.14. The van der Waals surface area contributed by atoms with E-state index in [1.54, 1.807) is 6.07 Å². The van der Waals surface area contributed by atoms with Crippen LogP contribution in [0.1, 0.15) is 36.0 Å². The van der Waals surface area contributed by atoms with Crippen molar-refractivity contribution in [3.63, 3.8) is 0 Å². The highest BCUT2D eigenvalue weighted by Gasteiger charge is 2.48. The molecule has 1 aliphatic carbocycles. The first-order valence-corrected chi connectivity index (χ1v) is 6.47. The van der Waals surface area contributed by atoms with Gasteiger partial charge in [0.15, 0.2) is 5.82 Å². The highest BCUT2D eigenvalue weighted by Crippen LogP contribution is 2.53. The highest BCUT2D eigenvalue weighted by molar-refractivity contribution is 6.16. The Kier molecular flexibility index (Phi) is 3.01. The van der Waals surface area contributed by atoms with Gasteiger partial charge in [-0.25, -0.2) is 8.78 Å². The Morgan fingerprint density at radius 3 is 2.84 bits per heavy atom. The molecule has 3 nitrogen and oxygen atoms in total. The molecule has 19 heavy (non-hydrogen) atoms. The molecule has 0 bridgehead atoms. The fraction of sp³-hybridized carbons (Fsp3) is 0.385. The van der Waals surface area contributed by atoms with Gasteiger partial charge in [-0.3, -0.25) is 0 Å². The average molecular weight is 285 g/mol. The molecule has 0 spiro atoms. The van der Waals surface area contributed by atoms with Crippen LogP contribution in [0.3, 0.4) is 0 Å². The van der Waals surface area contributed by atoms with E-state index in [1.807, 2.05) is 0 Å². The minimum absolute atomic E-state index is 0.103. The van der Waals surface area contributed by atoms with Gasteiger partial charge in [0.05, 0.1) is 0 Å². The summed E-state index contributed by atoms with van der Waals surface area (Å²) in [4.78, 5) is 4.08. The number of benzene rings is 1. The van der Waals surface area contributed by atoms with E-state index < -0.39 is 11.5 Å². The summed E-state index contributed by atoms with van der Waals surface area (Å²) in [6, 6.07) is 5.64. The zero-order chi connectivity index (χ0) is 13.5. The van der Waals surface area contributed by atoms with E-state index in [0.717, 1.165) is 0 Å². The van der Waals surface area contributed by atoms with Crippen LogP contribution in [-0.2, 0) is 11.5 Å². The number of alkyl halides is 2. The molecule has 0 amide bonds. The lowest BCUT2D eigenvalue weighted by atomic mass is 9.68. The van der Waals surface area contributed by atoms with Gasteiger partial charge in [0, 0.05) is 5.92 Å². The van der Waals surface area contributed by atoms with Crippen molar-refractivity contribution in [1.29, 1.82) is 0 Å². The summed E-state index contributed by atoms with van der Waals surface area (Å²) in [5.74, 6) is 0.416. The molecular weight excluding hydrogens is 274 g/mol. The van der Waals surface area contributed by atoms with E-state index in [0.29, 0.717) is 17.3 Å². The summed E-state index contributed by atoms with van der Waals surface area (Å²) in [6.45, 7) is 0. The number of aromatic nitrogens is 2. The fourth-order valence-electron chi connectivity index (χ4n) is 2.39. The lowest BCUT2D eigenvalue weighted by Crippen LogP contribution is -2.36. The monoisotopic (exact) mass is 284 g/mol. The third-order valence-corrected chi connectivity index (χ3v) is 3.67. The fourth-order valence-corrected chi connectivity index (χ4v) is 2.50. The molecule has 1 aliphatic rings. The van der Waals surface area contributed by atoms with Crippen molar-refractivity contribution in [2.24, 2.45) is 0 Å². The van der Waals surface area contributed by atoms with E-state index in [9.17, 15) is 8.78 Å². The average Bonchev–Trinajstić information content (AvgIpc) is 2.83. The van der Waals surface area contributed by atoms with Gasteiger partial charge in [-0.2, -0.15) is 4.98 Å². The van der Waals surface area contributed by atoms with Gasteiger partial charge in [0.1, 0.15) is 17.4 Å². The van der Waals surface area contributed by atoms with Gasteiger partial charge in [-0.1, -0.05) is 17.3 Å². The van der Waals surface area contributed by atoms with E-state index in [-0.39, 0.29) is 24.6 Å². The van der Waals surface area contributed by atoms with Crippen LogP contribution in [0.4, 0.5) is 8.78 Å². The summed E-state index contributed by atoms with van der Waals surface area (Å²) in [5, 5.41) is 3.77. The van der Waals surface area contributed by atoms with E-state index in [1.165, 1.54) is 18.2 Å². The maximum Gasteiger partial charge on any atom is 0.241 e. The standard InChI is InChI=1S/C13H11ClF2N2O/c14-7-11-17-12(18-19-11)8-5-13(16,6-8)9-2-1-3-10(15)4-9/h1-4,8H,5-7H2. The van der Waals surface area contributed by atoms with Crippen LogP contribution in [0.5, 0.6) is 0 Å². The largest absolute Gasteiger partial charge is 0.338 e. The molecule has 0 unspecified atom stereocenters. The van der Waals surface area contributed by atoms with Crippen LogP contribution in [0.25, 0.3) is 0 Å². The first kappa shape index (κ1) is 12.5. The second kappa shape index (κ2) is 4.56. The number of hydrogen-bond acceptors (Lipinski definition) is 3. The molecule has 2 aromatic rings. The quantitative estimate of drug-likeness (QED) is 0.807. The third kappa shape index (κ3) is 2.23. The normalized spacial score (nSPS) is 26.2. The van der Waals surface area contributed by atoms with Crippen LogP contribution in [0.2, 0.25) is 0 Å². The minimum Gasteiger partial charge on any atom is -0.338 e. The van der Waals surface area contributed by atoms with Crippen LogP contribution < -0.4 is 0 Å². The van der Waals surface area contributed by atoms with Crippen molar-refractivity contribution in [2.45, 2.75) is 30.3 Å². The molecule has 0 saturated heterocycles.